The molecule has 1 amide bonds. The molecule has 0 saturated carbocycles. The van der Waals surface area contributed by atoms with Gasteiger partial charge in [0, 0.05) is 21.8 Å². The Balaban J connectivity index is 1.77. The number of hydrogen-bond acceptors (Lipinski definition) is 4. The monoisotopic (exact) mass is 435 g/mol. The number of carboxylic acid groups (broad SMARTS) is 1. The quantitative estimate of drug-likeness (QED) is 0.587. The number of hydrogen-bond donors (Lipinski definition) is 2. The zero-order chi connectivity index (χ0) is 21.1. The lowest BCUT2D eigenvalue weighted by molar-refractivity contribution is -0.137. The number of halogens is 2. The second kappa shape index (κ2) is 8.67. The van der Waals surface area contributed by atoms with E-state index in [2.05, 4.69) is 15.5 Å². The molecule has 0 fully saturated rings. The van der Waals surface area contributed by atoms with E-state index in [1.54, 1.807) is 29.8 Å². The lowest BCUT2D eigenvalue weighted by Crippen LogP contribution is -2.13. The van der Waals surface area contributed by atoms with E-state index in [9.17, 15) is 9.59 Å². The van der Waals surface area contributed by atoms with Crippen LogP contribution in [0, 0.1) is 13.8 Å². The van der Waals surface area contributed by atoms with Crippen LogP contribution in [0.25, 0.3) is 0 Å². The first-order chi connectivity index (χ1) is 13.8. The smallest absolute Gasteiger partial charge is 0.305 e. The van der Waals surface area contributed by atoms with Crippen LogP contribution in [-0.4, -0.2) is 36.5 Å². The number of aryl methyl sites for hydroxylation is 2. The largest absolute Gasteiger partial charge is 0.481 e. The summed E-state index contributed by atoms with van der Waals surface area (Å²) >= 11 is 12.5. The molecule has 2 N–H and O–H groups in total. The molecule has 0 aliphatic carbocycles. The summed E-state index contributed by atoms with van der Waals surface area (Å²) < 4.78 is 3.15. The molecule has 1 aromatic carbocycles. The van der Waals surface area contributed by atoms with Crippen molar-refractivity contribution in [3.05, 3.63) is 63.2 Å². The Morgan fingerprint density at radius 3 is 2.55 bits per heavy atom. The second-order valence-electron chi connectivity index (χ2n) is 6.49. The standard InChI is InChI=1S/C19H19Cl2N5O3/c1-11-18(23-19(29)13-8-22-25(9-13)7-6-17(27)28)12(2)26(24-11)10-14-15(20)4-3-5-16(14)21/h3-5,8-9H,6-7,10H2,1-2H3,(H,23,29)(H,27,28). The van der Waals surface area contributed by atoms with Crippen molar-refractivity contribution in [3.63, 3.8) is 0 Å². The van der Waals surface area contributed by atoms with Crippen molar-refractivity contribution in [1.82, 2.24) is 19.6 Å². The number of amides is 1. The van der Waals surface area contributed by atoms with Gasteiger partial charge in [0.1, 0.15) is 0 Å². The Hall–Kier alpha value is -2.84. The van der Waals surface area contributed by atoms with Gasteiger partial charge < -0.3 is 10.4 Å². The minimum atomic E-state index is -0.927. The molecule has 0 aliphatic heterocycles. The maximum absolute atomic E-state index is 12.6. The minimum Gasteiger partial charge on any atom is -0.481 e. The predicted octanol–water partition coefficient (Wildman–Crippen LogP) is 3.78. The summed E-state index contributed by atoms with van der Waals surface area (Å²) in [4.78, 5) is 23.2. The van der Waals surface area contributed by atoms with Crippen molar-refractivity contribution in [1.29, 1.82) is 0 Å². The van der Waals surface area contributed by atoms with E-state index in [0.29, 0.717) is 33.5 Å². The molecule has 152 valence electrons. The summed E-state index contributed by atoms with van der Waals surface area (Å²) in [7, 11) is 0. The molecular weight excluding hydrogens is 417 g/mol. The fourth-order valence-electron chi connectivity index (χ4n) is 2.86. The summed E-state index contributed by atoms with van der Waals surface area (Å²) in [6.45, 7) is 4.20. The summed E-state index contributed by atoms with van der Waals surface area (Å²) in [5.41, 5.74) is 3.08. The van der Waals surface area contributed by atoms with Crippen LogP contribution in [-0.2, 0) is 17.9 Å². The highest BCUT2D eigenvalue weighted by Crippen LogP contribution is 2.27. The molecule has 0 atom stereocenters. The van der Waals surface area contributed by atoms with Crippen LogP contribution in [0.4, 0.5) is 5.69 Å². The molecule has 29 heavy (non-hydrogen) atoms. The van der Waals surface area contributed by atoms with E-state index in [1.165, 1.54) is 17.1 Å². The van der Waals surface area contributed by atoms with Crippen LogP contribution in [0.15, 0.2) is 30.6 Å². The third kappa shape index (κ3) is 4.78. The van der Waals surface area contributed by atoms with Crippen molar-refractivity contribution in [3.8, 4) is 0 Å². The fourth-order valence-corrected chi connectivity index (χ4v) is 3.38. The third-order valence-corrected chi connectivity index (χ3v) is 5.15. The van der Waals surface area contributed by atoms with Gasteiger partial charge in [-0.1, -0.05) is 29.3 Å². The summed E-state index contributed by atoms with van der Waals surface area (Å²) in [6, 6.07) is 5.30. The first kappa shape index (κ1) is 20.9. The third-order valence-electron chi connectivity index (χ3n) is 4.44. The highest BCUT2D eigenvalue weighted by molar-refractivity contribution is 6.36. The maximum atomic E-state index is 12.6. The van der Waals surface area contributed by atoms with Gasteiger partial charge in [-0.2, -0.15) is 10.2 Å². The first-order valence-corrected chi connectivity index (χ1v) is 9.54. The summed E-state index contributed by atoms with van der Waals surface area (Å²) in [6.07, 6.45) is 2.84. The molecule has 0 unspecified atom stereocenters. The molecule has 0 aliphatic rings. The number of aromatic nitrogens is 4. The molecule has 2 aromatic heterocycles. The maximum Gasteiger partial charge on any atom is 0.305 e. The molecule has 8 nitrogen and oxygen atoms in total. The molecular formula is C19H19Cl2N5O3. The number of carbonyl (C=O) groups excluding carboxylic acids is 1. The van der Waals surface area contributed by atoms with Gasteiger partial charge in [0.25, 0.3) is 5.91 Å². The zero-order valence-corrected chi connectivity index (χ0v) is 17.3. The number of carbonyl (C=O) groups is 2. The highest BCUT2D eigenvalue weighted by atomic mass is 35.5. The Labute approximate surface area is 177 Å². The number of anilines is 1. The van der Waals surface area contributed by atoms with Crippen LogP contribution in [0.3, 0.4) is 0 Å². The highest BCUT2D eigenvalue weighted by Gasteiger charge is 2.18. The molecule has 2 heterocycles. The van der Waals surface area contributed by atoms with Gasteiger partial charge in [-0.05, 0) is 26.0 Å². The van der Waals surface area contributed by atoms with Crippen LogP contribution in [0.2, 0.25) is 10.0 Å². The van der Waals surface area contributed by atoms with Crippen molar-refractivity contribution in [2.75, 3.05) is 5.32 Å². The molecule has 3 rings (SSSR count). The Bertz CT molecular complexity index is 1050. The topological polar surface area (TPSA) is 102 Å². The van der Waals surface area contributed by atoms with Crippen molar-refractivity contribution >= 4 is 40.8 Å². The van der Waals surface area contributed by atoms with Crippen LogP contribution < -0.4 is 5.32 Å². The van der Waals surface area contributed by atoms with Gasteiger partial charge in [0.2, 0.25) is 0 Å². The zero-order valence-electron chi connectivity index (χ0n) is 15.8. The molecule has 0 spiro atoms. The summed E-state index contributed by atoms with van der Waals surface area (Å²) in [5, 5.41) is 21.2. The Morgan fingerprint density at radius 1 is 1.21 bits per heavy atom. The van der Waals surface area contributed by atoms with Crippen LogP contribution >= 0.6 is 23.2 Å². The van der Waals surface area contributed by atoms with E-state index in [1.807, 2.05) is 6.92 Å². The minimum absolute atomic E-state index is 0.0711. The van der Waals surface area contributed by atoms with Gasteiger partial charge in [-0.15, -0.1) is 0 Å². The number of nitrogens with zero attached hydrogens (tertiary/aromatic N) is 4. The second-order valence-corrected chi connectivity index (χ2v) is 7.31. The average Bonchev–Trinajstić information content (AvgIpc) is 3.23. The Kier molecular flexibility index (Phi) is 6.24. The van der Waals surface area contributed by atoms with Crippen LogP contribution in [0.1, 0.15) is 33.7 Å². The fraction of sp³-hybridized carbons (Fsp3) is 0.263. The number of aliphatic carboxylic acids is 1. The van der Waals surface area contributed by atoms with E-state index in [4.69, 9.17) is 28.3 Å². The molecule has 0 saturated heterocycles. The lowest BCUT2D eigenvalue weighted by Gasteiger charge is -2.09. The number of benzene rings is 1. The van der Waals surface area contributed by atoms with Gasteiger partial charge in [0.15, 0.2) is 0 Å². The van der Waals surface area contributed by atoms with E-state index in [-0.39, 0.29) is 18.9 Å². The van der Waals surface area contributed by atoms with Crippen molar-refractivity contribution in [2.24, 2.45) is 0 Å². The van der Waals surface area contributed by atoms with E-state index in [0.717, 1.165) is 11.3 Å². The summed E-state index contributed by atoms with van der Waals surface area (Å²) in [5.74, 6) is -1.28. The van der Waals surface area contributed by atoms with Crippen molar-refractivity contribution < 1.29 is 14.7 Å². The first-order valence-electron chi connectivity index (χ1n) is 8.78. The molecule has 10 heteroatoms. The van der Waals surface area contributed by atoms with Crippen molar-refractivity contribution in [2.45, 2.75) is 33.4 Å². The van der Waals surface area contributed by atoms with Gasteiger partial charge >= 0.3 is 5.97 Å². The van der Waals surface area contributed by atoms with Crippen LogP contribution in [0.5, 0.6) is 0 Å². The molecule has 3 aromatic rings. The number of rotatable bonds is 7. The molecule has 0 radical (unpaired) electrons. The van der Waals surface area contributed by atoms with E-state index >= 15 is 0 Å². The number of nitrogens with one attached hydrogen (secondary N) is 1. The van der Waals surface area contributed by atoms with E-state index < -0.39 is 5.97 Å². The Morgan fingerprint density at radius 2 is 1.90 bits per heavy atom. The normalized spacial score (nSPS) is 10.9. The average molecular weight is 436 g/mol. The van der Waals surface area contributed by atoms with Gasteiger partial charge in [0.05, 0.1) is 48.3 Å². The lowest BCUT2D eigenvalue weighted by atomic mass is 10.2. The van der Waals surface area contributed by atoms with Gasteiger partial charge in [-0.3, -0.25) is 19.0 Å². The van der Waals surface area contributed by atoms with Gasteiger partial charge in [-0.25, -0.2) is 0 Å². The predicted molar refractivity (Wildman–Crippen MR) is 110 cm³/mol. The SMILES string of the molecule is Cc1nn(Cc2c(Cl)cccc2Cl)c(C)c1NC(=O)c1cnn(CCC(=O)O)c1. The number of carboxylic acids is 1. The molecule has 0 bridgehead atoms.